The second-order valence-electron chi connectivity index (χ2n) is 15.1. The lowest BCUT2D eigenvalue weighted by Crippen LogP contribution is -2.39. The summed E-state index contributed by atoms with van der Waals surface area (Å²) in [5, 5.41) is 36.3. The largest absolute Gasteiger partial charge is 0.467 e. The van der Waals surface area contributed by atoms with Crippen molar-refractivity contribution in [2.75, 3.05) is 21.3 Å². The van der Waals surface area contributed by atoms with Crippen LogP contribution in [0.3, 0.4) is 0 Å². The molecule has 3 heterocycles. The minimum absolute atomic E-state index is 0.0670. The third-order valence-electron chi connectivity index (χ3n) is 9.67. The number of hydrogen-bond donors (Lipinski definition) is 6. The Bertz CT molecular complexity index is 1660. The van der Waals surface area contributed by atoms with Crippen molar-refractivity contribution in [2.45, 2.75) is 106 Å². The average molecular weight is 639 g/mol. The van der Waals surface area contributed by atoms with Gasteiger partial charge in [0.15, 0.2) is 0 Å². The van der Waals surface area contributed by atoms with Gasteiger partial charge < -0.3 is 35.9 Å². The molecule has 252 valence electrons. The Kier molecular flexibility index (Phi) is 9.72. The van der Waals surface area contributed by atoms with Crippen molar-refractivity contribution in [3.8, 4) is 0 Å². The van der Waals surface area contributed by atoms with Gasteiger partial charge in [-0.3, -0.25) is 0 Å². The molecule has 4 atom stereocenters. The maximum atomic E-state index is 11.1. The zero-order valence-corrected chi connectivity index (χ0v) is 29.7. The Labute approximate surface area is 281 Å². The highest BCUT2D eigenvalue weighted by Gasteiger charge is 2.45. The van der Waals surface area contributed by atoms with E-state index in [1.807, 2.05) is 18.2 Å². The number of aliphatic hydroxyl groups is 2. The van der Waals surface area contributed by atoms with E-state index in [0.29, 0.717) is 12.1 Å². The molecule has 1 aromatic heterocycles. The van der Waals surface area contributed by atoms with E-state index in [9.17, 15) is 10.2 Å². The maximum absolute atomic E-state index is 11.1. The number of nitrogens with one attached hydrogen (secondary N) is 4. The minimum atomic E-state index is -0.568. The molecule has 6 rings (SSSR count). The van der Waals surface area contributed by atoms with Crippen LogP contribution in [-0.2, 0) is 0 Å². The predicted molar refractivity (Wildman–Crippen MR) is 195 cm³/mol. The monoisotopic (exact) mass is 638 g/mol. The molecule has 7 heteroatoms. The molecule has 7 nitrogen and oxygen atoms in total. The molecule has 4 unspecified atom stereocenters. The Morgan fingerprint density at radius 3 is 1.57 bits per heavy atom. The number of aryl methyl sites for hydroxylation is 2. The first-order valence-electron chi connectivity index (χ1n) is 16.9. The molecule has 0 amide bonds. The van der Waals surface area contributed by atoms with Gasteiger partial charge in [-0.2, -0.15) is 0 Å². The molecule has 0 bridgehead atoms. The van der Waals surface area contributed by atoms with Crippen molar-refractivity contribution >= 4 is 22.7 Å². The predicted octanol–water partition coefficient (Wildman–Crippen LogP) is 9.68. The van der Waals surface area contributed by atoms with E-state index in [1.54, 1.807) is 6.26 Å². The molecule has 4 aromatic rings. The van der Waals surface area contributed by atoms with Gasteiger partial charge in [0.1, 0.15) is 5.76 Å². The summed E-state index contributed by atoms with van der Waals surface area (Å²) in [5.41, 5.74) is 8.90. The van der Waals surface area contributed by atoms with Gasteiger partial charge in [0.2, 0.25) is 0 Å². The fraction of sp³-hybridized carbons (Fsp3) is 0.450. The lowest BCUT2D eigenvalue weighted by molar-refractivity contribution is 0.0240. The van der Waals surface area contributed by atoms with E-state index in [4.69, 9.17) is 4.42 Å². The van der Waals surface area contributed by atoms with E-state index < -0.39 is 12.2 Å². The first-order chi connectivity index (χ1) is 22.1. The van der Waals surface area contributed by atoms with Crippen molar-refractivity contribution in [1.29, 1.82) is 0 Å². The van der Waals surface area contributed by atoms with Gasteiger partial charge in [-0.25, -0.2) is 0 Å². The summed E-state index contributed by atoms with van der Waals surface area (Å²) in [7, 11) is 0. The molecule has 47 heavy (non-hydrogen) atoms. The number of anilines is 4. The first kappa shape index (κ1) is 34.4. The number of aliphatic hydroxyl groups excluding tert-OH is 2. The third kappa shape index (κ3) is 6.88. The number of benzene rings is 3. The van der Waals surface area contributed by atoms with Gasteiger partial charge in [0, 0.05) is 56.8 Å². The summed E-state index contributed by atoms with van der Waals surface area (Å²) < 4.78 is 5.60. The van der Waals surface area contributed by atoms with Crippen LogP contribution in [0, 0.1) is 24.7 Å². The summed E-state index contributed by atoms with van der Waals surface area (Å²) in [6.07, 6.45) is 0.588. The second kappa shape index (κ2) is 13.3. The second-order valence-corrected chi connectivity index (χ2v) is 15.1. The summed E-state index contributed by atoms with van der Waals surface area (Å²) in [6, 6.07) is 23.4. The normalized spacial score (nSPS) is 22.3. The molecular weight excluding hydrogens is 584 g/mol. The molecule has 2 aliphatic heterocycles. The molecule has 0 saturated carbocycles. The van der Waals surface area contributed by atoms with Crippen LogP contribution >= 0.6 is 0 Å². The van der Waals surface area contributed by atoms with Crippen molar-refractivity contribution in [3.63, 3.8) is 0 Å². The molecule has 0 aliphatic carbocycles. The Morgan fingerprint density at radius 1 is 0.660 bits per heavy atom. The van der Waals surface area contributed by atoms with Crippen LogP contribution in [0.25, 0.3) is 0 Å². The van der Waals surface area contributed by atoms with Crippen molar-refractivity contribution in [1.82, 2.24) is 0 Å². The van der Waals surface area contributed by atoms with Crippen molar-refractivity contribution in [3.05, 3.63) is 107 Å². The molecule has 3 aromatic carbocycles. The number of furan rings is 1. The molecule has 0 radical (unpaired) electrons. The highest BCUT2D eigenvalue weighted by molar-refractivity contribution is 5.69. The van der Waals surface area contributed by atoms with Crippen LogP contribution in [0.1, 0.15) is 113 Å². The van der Waals surface area contributed by atoms with E-state index in [2.05, 4.69) is 139 Å². The minimum Gasteiger partial charge on any atom is -0.467 e. The lowest BCUT2D eigenvalue weighted by Gasteiger charge is -2.45. The summed E-state index contributed by atoms with van der Waals surface area (Å²) in [6.45, 7) is 21.0. The molecule has 6 N–H and O–H groups in total. The lowest BCUT2D eigenvalue weighted by atomic mass is 9.70. The van der Waals surface area contributed by atoms with Gasteiger partial charge in [-0.15, -0.1) is 0 Å². The smallest absolute Gasteiger partial charge is 0.126 e. The molecule has 0 saturated heterocycles. The van der Waals surface area contributed by atoms with E-state index >= 15 is 0 Å². The molecule has 0 fully saturated rings. The van der Waals surface area contributed by atoms with Crippen LogP contribution in [-0.4, -0.2) is 22.3 Å². The van der Waals surface area contributed by atoms with Crippen LogP contribution in [0.5, 0.6) is 0 Å². The van der Waals surface area contributed by atoms with E-state index in [-0.39, 0.29) is 22.9 Å². The number of fused-ring (bicyclic) bond motifs is 2. The average Bonchev–Trinajstić information content (AvgIpc) is 3.52. The zero-order chi connectivity index (χ0) is 34.3. The van der Waals surface area contributed by atoms with Gasteiger partial charge in [0.25, 0.3) is 0 Å². The Hall–Kier alpha value is -3.94. The van der Waals surface area contributed by atoms with E-state index in [0.717, 1.165) is 50.8 Å². The van der Waals surface area contributed by atoms with Crippen molar-refractivity contribution < 1.29 is 14.6 Å². The zero-order valence-electron chi connectivity index (χ0n) is 29.7. The van der Waals surface area contributed by atoms with Crippen molar-refractivity contribution in [2.24, 2.45) is 10.8 Å². The first-order valence-corrected chi connectivity index (χ1v) is 16.9. The highest BCUT2D eigenvalue weighted by atomic mass is 16.3. The topological polar surface area (TPSA) is 102 Å². The van der Waals surface area contributed by atoms with Gasteiger partial charge >= 0.3 is 0 Å². The fourth-order valence-corrected chi connectivity index (χ4v) is 7.12. The van der Waals surface area contributed by atoms with Gasteiger partial charge in [-0.1, -0.05) is 58.0 Å². The van der Waals surface area contributed by atoms with Crippen LogP contribution in [0.2, 0.25) is 0 Å². The van der Waals surface area contributed by atoms with Gasteiger partial charge in [0.05, 0.1) is 30.6 Å². The fourth-order valence-electron chi connectivity index (χ4n) is 7.12. The third-order valence-corrected chi connectivity index (χ3v) is 9.67. The standard InChI is InChI=1S/C21H28N2O.C19H26N2O2/c1-13(2)22-16-11-14(3)18-17(12-16)20(24)21(4,5)19(23-18)15-9-7-6-8-10-15;1-11(2)20-13-9-12(3)16-14(10-13)18(22)19(4,5)17(21-16)15-7-6-8-23-15/h6-13,19-20,22-24H,1-5H3;6-11,17-18,20-22H,1-5H3. The van der Waals surface area contributed by atoms with Crippen LogP contribution < -0.4 is 21.3 Å². The molecule has 0 spiro atoms. The highest BCUT2D eigenvalue weighted by Crippen LogP contribution is 2.54. The summed E-state index contributed by atoms with van der Waals surface area (Å²) in [4.78, 5) is 0. The van der Waals surface area contributed by atoms with Crippen LogP contribution in [0.15, 0.2) is 77.4 Å². The maximum Gasteiger partial charge on any atom is 0.126 e. The van der Waals surface area contributed by atoms with E-state index in [1.165, 1.54) is 5.56 Å². The summed E-state index contributed by atoms with van der Waals surface area (Å²) in [5.74, 6) is 0.850. The Balaban J connectivity index is 0.000000185. The molecular formula is C40H54N4O3. The SMILES string of the molecule is Cc1cc(NC(C)C)cc2c1NC(c1ccccc1)C(C)(C)C2O.Cc1cc(NC(C)C)cc2c1NC(c1ccco1)C(C)(C)C2O. The van der Waals surface area contributed by atoms with Gasteiger partial charge in [-0.05, 0) is 94.6 Å². The summed E-state index contributed by atoms with van der Waals surface area (Å²) >= 11 is 0. The Morgan fingerprint density at radius 2 is 1.13 bits per heavy atom. The number of rotatable bonds is 6. The molecule has 2 aliphatic rings. The quantitative estimate of drug-likeness (QED) is 0.125. The van der Waals surface area contributed by atoms with Crippen LogP contribution in [0.4, 0.5) is 22.7 Å². The number of hydrogen-bond acceptors (Lipinski definition) is 7.